The lowest BCUT2D eigenvalue weighted by molar-refractivity contribution is 0.485. The highest BCUT2D eigenvalue weighted by atomic mass is 35.5. The first-order chi connectivity index (χ1) is 12.2. The van der Waals surface area contributed by atoms with Gasteiger partial charge in [-0.25, -0.2) is 4.39 Å². The number of oxazole rings is 1. The van der Waals surface area contributed by atoms with E-state index in [2.05, 4.69) is 9.97 Å². The van der Waals surface area contributed by atoms with Crippen LogP contribution in [0.5, 0.6) is 0 Å². The van der Waals surface area contributed by atoms with Crippen molar-refractivity contribution < 1.29 is 8.81 Å². The lowest BCUT2D eigenvalue weighted by Gasteiger charge is -2.06. The molecule has 0 saturated heterocycles. The Balaban J connectivity index is 1.92. The molecule has 0 aliphatic rings. The number of hydrogen-bond acceptors (Lipinski definition) is 4. The summed E-state index contributed by atoms with van der Waals surface area (Å²) in [6.45, 7) is -0.555. The van der Waals surface area contributed by atoms with Crippen molar-refractivity contribution >= 4 is 22.5 Å². The molecule has 0 aliphatic heterocycles. The zero-order chi connectivity index (χ0) is 17.4. The van der Waals surface area contributed by atoms with Gasteiger partial charge in [-0.05, 0) is 29.3 Å². The van der Waals surface area contributed by atoms with Crippen LogP contribution >= 0.6 is 11.6 Å². The molecule has 5 nitrogen and oxygen atoms in total. The Labute approximate surface area is 146 Å². The molecule has 0 bridgehead atoms. The van der Waals surface area contributed by atoms with E-state index in [4.69, 9.17) is 16.0 Å². The second-order valence-electron chi connectivity index (χ2n) is 5.38. The quantitative estimate of drug-likeness (QED) is 0.553. The number of halogens is 2. The van der Waals surface area contributed by atoms with Crippen LogP contribution in [0.15, 0.2) is 64.1 Å². The fourth-order valence-electron chi connectivity index (χ4n) is 2.62. The number of rotatable bonds is 3. The van der Waals surface area contributed by atoms with Crippen molar-refractivity contribution in [1.82, 2.24) is 14.5 Å². The lowest BCUT2D eigenvalue weighted by Crippen LogP contribution is -2.19. The van der Waals surface area contributed by atoms with Gasteiger partial charge in [0.25, 0.3) is 10.9 Å². The molecule has 0 N–H and O–H groups in total. The van der Waals surface area contributed by atoms with Gasteiger partial charge in [-0.1, -0.05) is 30.3 Å². The molecule has 3 heterocycles. The van der Waals surface area contributed by atoms with Crippen LogP contribution in [-0.2, 0) is 6.67 Å². The lowest BCUT2D eigenvalue weighted by atomic mass is 10.1. The molecule has 0 aliphatic carbocycles. The van der Waals surface area contributed by atoms with Crippen molar-refractivity contribution in [2.45, 2.75) is 6.67 Å². The van der Waals surface area contributed by atoms with E-state index < -0.39 is 6.67 Å². The third kappa shape index (κ3) is 2.70. The van der Waals surface area contributed by atoms with Crippen molar-refractivity contribution in [2.24, 2.45) is 0 Å². The minimum atomic E-state index is -0.555. The fourth-order valence-corrected chi connectivity index (χ4v) is 2.77. The van der Waals surface area contributed by atoms with E-state index in [0.29, 0.717) is 22.4 Å². The molecular formula is C18H11ClFN3O2. The molecule has 0 atom stereocenters. The standard InChI is InChI=1S/C18H11ClFN3O2/c19-18-22-16(15(25-18)13-5-3-11(10-20)4-6-13)23-9-7-12-2-1-8-21-14(12)17(23)24/h1-9H,10H2. The first kappa shape index (κ1) is 15.5. The number of hydrogen-bond donors (Lipinski definition) is 0. The average molecular weight is 356 g/mol. The summed E-state index contributed by atoms with van der Waals surface area (Å²) < 4.78 is 19.5. The molecule has 4 aromatic rings. The number of alkyl halides is 1. The van der Waals surface area contributed by atoms with E-state index in [1.807, 2.05) is 0 Å². The number of aromatic nitrogens is 3. The van der Waals surface area contributed by atoms with E-state index in [1.165, 1.54) is 4.57 Å². The van der Waals surface area contributed by atoms with Gasteiger partial charge < -0.3 is 4.42 Å². The van der Waals surface area contributed by atoms with Crippen molar-refractivity contribution in [3.63, 3.8) is 0 Å². The maximum absolute atomic E-state index is 12.7. The normalized spacial score (nSPS) is 11.1. The van der Waals surface area contributed by atoms with E-state index in [1.54, 1.807) is 54.9 Å². The van der Waals surface area contributed by atoms with Crippen LogP contribution in [0, 0.1) is 0 Å². The summed E-state index contributed by atoms with van der Waals surface area (Å²) in [5.74, 6) is 0.586. The van der Waals surface area contributed by atoms with Crippen LogP contribution in [0.4, 0.5) is 4.39 Å². The highest BCUT2D eigenvalue weighted by molar-refractivity contribution is 6.28. The second kappa shape index (κ2) is 6.14. The third-order valence-electron chi connectivity index (χ3n) is 3.85. The maximum Gasteiger partial charge on any atom is 0.294 e. The van der Waals surface area contributed by atoms with Crippen molar-refractivity contribution in [3.8, 4) is 17.1 Å². The molecule has 7 heteroatoms. The van der Waals surface area contributed by atoms with Gasteiger partial charge in [-0.2, -0.15) is 4.98 Å². The zero-order valence-corrected chi connectivity index (χ0v) is 13.6. The average Bonchev–Trinajstić information content (AvgIpc) is 3.04. The van der Waals surface area contributed by atoms with E-state index in [9.17, 15) is 9.18 Å². The molecule has 3 aromatic heterocycles. The number of benzene rings is 1. The molecular weight excluding hydrogens is 345 g/mol. The molecule has 0 amide bonds. The van der Waals surface area contributed by atoms with Gasteiger partial charge in [-0.15, -0.1) is 0 Å². The summed E-state index contributed by atoms with van der Waals surface area (Å²) in [6.07, 6.45) is 3.15. The Kier molecular flexibility index (Phi) is 3.82. The van der Waals surface area contributed by atoms with Gasteiger partial charge in [-0.3, -0.25) is 14.3 Å². The van der Waals surface area contributed by atoms with Crippen LogP contribution in [0.2, 0.25) is 5.35 Å². The summed E-state index contributed by atoms with van der Waals surface area (Å²) >= 11 is 5.93. The molecule has 0 fully saturated rings. The molecule has 1 aromatic carbocycles. The van der Waals surface area contributed by atoms with Crippen LogP contribution in [-0.4, -0.2) is 14.5 Å². The van der Waals surface area contributed by atoms with E-state index >= 15 is 0 Å². The third-order valence-corrected chi connectivity index (χ3v) is 4.01. The SMILES string of the molecule is O=c1c2ncccc2ccn1-c1nc(Cl)oc1-c1ccc(CF)cc1. The number of pyridine rings is 2. The van der Waals surface area contributed by atoms with Gasteiger partial charge in [0.1, 0.15) is 12.2 Å². The smallest absolute Gasteiger partial charge is 0.294 e. The zero-order valence-electron chi connectivity index (χ0n) is 12.8. The Morgan fingerprint density at radius 3 is 2.72 bits per heavy atom. The topological polar surface area (TPSA) is 60.9 Å². The van der Waals surface area contributed by atoms with Gasteiger partial charge in [0, 0.05) is 23.3 Å². The maximum atomic E-state index is 12.7. The summed E-state index contributed by atoms with van der Waals surface area (Å²) in [5, 5.41) is 0.639. The van der Waals surface area contributed by atoms with Crippen molar-refractivity contribution in [2.75, 3.05) is 0 Å². The largest absolute Gasteiger partial charge is 0.425 e. The molecule has 124 valence electrons. The van der Waals surface area contributed by atoms with Crippen LogP contribution in [0.3, 0.4) is 0 Å². The Morgan fingerprint density at radius 2 is 1.96 bits per heavy atom. The Morgan fingerprint density at radius 1 is 1.16 bits per heavy atom. The second-order valence-corrected chi connectivity index (χ2v) is 5.71. The van der Waals surface area contributed by atoms with Crippen LogP contribution < -0.4 is 5.56 Å². The first-order valence-corrected chi connectivity index (χ1v) is 7.83. The highest BCUT2D eigenvalue weighted by Crippen LogP contribution is 2.29. The summed E-state index contributed by atoms with van der Waals surface area (Å²) in [5.41, 5.74) is 1.18. The Hall–Kier alpha value is -2.99. The first-order valence-electron chi connectivity index (χ1n) is 7.46. The highest BCUT2D eigenvalue weighted by Gasteiger charge is 2.18. The Bertz CT molecular complexity index is 1120. The summed E-state index contributed by atoms with van der Waals surface area (Å²) in [4.78, 5) is 21.0. The molecule has 0 unspecified atom stereocenters. The summed E-state index contributed by atoms with van der Waals surface area (Å²) in [7, 11) is 0. The molecule has 0 saturated carbocycles. The molecule has 4 rings (SSSR count). The molecule has 0 spiro atoms. The van der Waals surface area contributed by atoms with Gasteiger partial charge in [0.15, 0.2) is 11.6 Å². The van der Waals surface area contributed by atoms with Gasteiger partial charge in [0.2, 0.25) is 0 Å². The van der Waals surface area contributed by atoms with Crippen LogP contribution in [0.1, 0.15) is 5.56 Å². The predicted octanol–water partition coefficient (Wildman–Crippen LogP) is 4.16. The minimum Gasteiger partial charge on any atom is -0.425 e. The predicted molar refractivity (Wildman–Crippen MR) is 92.7 cm³/mol. The van der Waals surface area contributed by atoms with Crippen molar-refractivity contribution in [3.05, 3.63) is 76.1 Å². The number of nitrogens with zero attached hydrogens (tertiary/aromatic N) is 3. The molecule has 0 radical (unpaired) electrons. The minimum absolute atomic E-state index is 0.0902. The number of fused-ring (bicyclic) bond motifs is 1. The molecule has 25 heavy (non-hydrogen) atoms. The summed E-state index contributed by atoms with van der Waals surface area (Å²) in [6, 6.07) is 12.0. The van der Waals surface area contributed by atoms with Gasteiger partial charge in [0.05, 0.1) is 0 Å². The van der Waals surface area contributed by atoms with Crippen LogP contribution in [0.25, 0.3) is 28.0 Å². The monoisotopic (exact) mass is 355 g/mol. The van der Waals surface area contributed by atoms with E-state index in [0.717, 1.165) is 5.39 Å². The van der Waals surface area contributed by atoms with Gasteiger partial charge >= 0.3 is 0 Å². The van der Waals surface area contributed by atoms with E-state index in [-0.39, 0.29) is 16.7 Å². The van der Waals surface area contributed by atoms with Crippen molar-refractivity contribution in [1.29, 1.82) is 0 Å². The fraction of sp³-hybridized carbons (Fsp3) is 0.0556.